The molecule has 1 N–H and O–H groups in total. The summed E-state index contributed by atoms with van der Waals surface area (Å²) in [6.07, 6.45) is 11.8. The quantitative estimate of drug-likeness (QED) is 0.546. The summed E-state index contributed by atoms with van der Waals surface area (Å²) in [5, 5.41) is 16.6. The van der Waals surface area contributed by atoms with E-state index in [-0.39, 0.29) is 16.7 Å². The number of ether oxygens (including phenoxy) is 2. The van der Waals surface area contributed by atoms with Gasteiger partial charge in [-0.1, -0.05) is 6.92 Å². The van der Waals surface area contributed by atoms with Gasteiger partial charge in [-0.2, -0.15) is 5.10 Å². The molecule has 4 aliphatic carbocycles. The fourth-order valence-corrected chi connectivity index (χ4v) is 9.84. The Morgan fingerprint density at radius 2 is 1.92 bits per heavy atom. The molecule has 37 heavy (non-hydrogen) atoms. The molecule has 0 radical (unpaired) electrons. The number of hydrogen-bond acceptors (Lipinski definition) is 5. The van der Waals surface area contributed by atoms with E-state index in [1.165, 1.54) is 19.3 Å². The van der Waals surface area contributed by atoms with Crippen LogP contribution in [0, 0.1) is 40.4 Å². The summed E-state index contributed by atoms with van der Waals surface area (Å²) in [5.41, 5.74) is 0.606. The lowest BCUT2D eigenvalue weighted by molar-refractivity contribution is -0.175. The number of ketones is 1. The van der Waals surface area contributed by atoms with Crippen LogP contribution in [-0.4, -0.2) is 47.1 Å². The van der Waals surface area contributed by atoms with Crippen LogP contribution in [0.5, 0.6) is 5.75 Å². The summed E-state index contributed by atoms with van der Waals surface area (Å²) in [7, 11) is 3.52. The lowest BCUT2D eigenvalue weighted by atomic mass is 9.43. The Balaban J connectivity index is 1.21. The number of hydrogen-bond donors (Lipinski definition) is 1. The van der Waals surface area contributed by atoms with Gasteiger partial charge < -0.3 is 14.6 Å². The van der Waals surface area contributed by atoms with Crippen molar-refractivity contribution < 1.29 is 19.4 Å². The maximum absolute atomic E-state index is 13.8. The highest BCUT2D eigenvalue weighted by Crippen LogP contribution is 2.68. The van der Waals surface area contributed by atoms with Crippen molar-refractivity contribution in [3.05, 3.63) is 24.4 Å². The molecule has 0 amide bonds. The minimum absolute atomic E-state index is 0.0787. The third kappa shape index (κ3) is 4.05. The minimum atomic E-state index is -0.536. The van der Waals surface area contributed by atoms with Crippen LogP contribution in [0.25, 0.3) is 10.9 Å². The van der Waals surface area contributed by atoms with Gasteiger partial charge in [0.15, 0.2) is 5.78 Å². The van der Waals surface area contributed by atoms with E-state index < -0.39 is 5.60 Å². The molecule has 0 bridgehead atoms. The smallest absolute Gasteiger partial charge is 0.157 e. The Kier molecular flexibility index (Phi) is 6.23. The molecule has 1 aromatic carbocycles. The van der Waals surface area contributed by atoms with Gasteiger partial charge in [0.25, 0.3) is 0 Å². The molecule has 4 fully saturated rings. The van der Waals surface area contributed by atoms with Crippen LogP contribution in [0.3, 0.4) is 0 Å². The molecule has 1 unspecified atom stereocenters. The molecule has 6 nitrogen and oxygen atoms in total. The fraction of sp³-hybridized carbons (Fsp3) is 0.742. The van der Waals surface area contributed by atoms with Gasteiger partial charge in [0.1, 0.15) is 5.75 Å². The zero-order valence-corrected chi connectivity index (χ0v) is 23.0. The Hall–Kier alpha value is -1.92. The Morgan fingerprint density at radius 1 is 1.08 bits per heavy atom. The van der Waals surface area contributed by atoms with Gasteiger partial charge in [-0.3, -0.25) is 9.48 Å². The van der Waals surface area contributed by atoms with E-state index in [9.17, 15) is 9.90 Å². The number of benzene rings is 1. The van der Waals surface area contributed by atoms with Crippen molar-refractivity contribution in [2.45, 2.75) is 83.8 Å². The largest absolute Gasteiger partial charge is 0.497 e. The number of carbonyl (C=O) groups is 1. The van der Waals surface area contributed by atoms with Crippen LogP contribution in [0.2, 0.25) is 0 Å². The van der Waals surface area contributed by atoms with Crippen LogP contribution in [-0.2, 0) is 16.1 Å². The van der Waals surface area contributed by atoms with Crippen LogP contribution >= 0.6 is 0 Å². The Labute approximate surface area is 221 Å². The second-order valence-corrected chi connectivity index (χ2v) is 13.4. The van der Waals surface area contributed by atoms with Crippen molar-refractivity contribution in [3.63, 3.8) is 0 Å². The maximum atomic E-state index is 13.8. The van der Waals surface area contributed by atoms with Crippen LogP contribution in [0.4, 0.5) is 0 Å². The van der Waals surface area contributed by atoms with E-state index in [2.05, 4.69) is 6.92 Å². The van der Waals surface area contributed by atoms with E-state index in [1.807, 2.05) is 43.1 Å². The van der Waals surface area contributed by atoms with Crippen molar-refractivity contribution in [1.82, 2.24) is 9.78 Å². The molecule has 0 spiro atoms. The molecule has 6 heteroatoms. The average Bonchev–Trinajstić information content (AvgIpc) is 3.43. The van der Waals surface area contributed by atoms with Crippen LogP contribution < -0.4 is 4.74 Å². The number of aromatic nitrogens is 2. The highest BCUT2D eigenvalue weighted by atomic mass is 16.5. The monoisotopic (exact) mass is 508 g/mol. The van der Waals surface area contributed by atoms with Crippen LogP contribution in [0.15, 0.2) is 24.4 Å². The van der Waals surface area contributed by atoms with Crippen molar-refractivity contribution in [1.29, 1.82) is 0 Å². The van der Waals surface area contributed by atoms with Crippen LogP contribution in [0.1, 0.15) is 71.6 Å². The lowest BCUT2D eigenvalue weighted by Crippen LogP contribution is -2.58. The van der Waals surface area contributed by atoms with Crippen molar-refractivity contribution in [2.24, 2.45) is 40.4 Å². The van der Waals surface area contributed by atoms with E-state index in [0.717, 1.165) is 61.8 Å². The van der Waals surface area contributed by atoms with Gasteiger partial charge in [-0.15, -0.1) is 0 Å². The molecular weight excluding hydrogens is 464 g/mol. The van der Waals surface area contributed by atoms with Crippen molar-refractivity contribution in [3.8, 4) is 5.75 Å². The highest BCUT2D eigenvalue weighted by Gasteiger charge is 2.63. The molecule has 4 saturated carbocycles. The third-order valence-electron chi connectivity index (χ3n) is 11.5. The van der Waals surface area contributed by atoms with Gasteiger partial charge in [-0.05, 0) is 111 Å². The Morgan fingerprint density at radius 3 is 2.70 bits per heavy atom. The first kappa shape index (κ1) is 25.4. The number of carbonyl (C=O) groups excluding carboxylic acids is 1. The van der Waals surface area contributed by atoms with E-state index in [0.29, 0.717) is 36.0 Å². The van der Waals surface area contributed by atoms with Crippen molar-refractivity contribution >= 4 is 16.7 Å². The lowest BCUT2D eigenvalue weighted by Gasteiger charge is -2.62. The van der Waals surface area contributed by atoms with Gasteiger partial charge in [0.05, 0.1) is 31.4 Å². The van der Waals surface area contributed by atoms with E-state index in [1.54, 1.807) is 7.11 Å². The predicted octanol–water partition coefficient (Wildman–Crippen LogP) is 5.65. The number of methoxy groups -OCH3 is 2. The molecule has 0 aliphatic heterocycles. The second-order valence-electron chi connectivity index (χ2n) is 13.4. The third-order valence-corrected chi connectivity index (χ3v) is 11.5. The molecule has 2 aromatic rings. The van der Waals surface area contributed by atoms with Gasteiger partial charge in [-0.25, -0.2) is 0 Å². The zero-order chi connectivity index (χ0) is 26.0. The normalized spacial score (nSPS) is 41.2. The topological polar surface area (TPSA) is 73.6 Å². The summed E-state index contributed by atoms with van der Waals surface area (Å²) in [6, 6.07) is 5.88. The van der Waals surface area contributed by atoms with E-state index >= 15 is 0 Å². The van der Waals surface area contributed by atoms with Gasteiger partial charge in [0.2, 0.25) is 0 Å². The van der Waals surface area contributed by atoms with Crippen molar-refractivity contribution in [2.75, 3.05) is 20.8 Å². The number of fused-ring (bicyclic) bond motifs is 6. The summed E-state index contributed by atoms with van der Waals surface area (Å²) >= 11 is 0. The molecule has 0 saturated heterocycles. The molecule has 202 valence electrons. The first-order chi connectivity index (χ1) is 17.7. The molecular formula is C31H44N2O4. The van der Waals surface area contributed by atoms with Gasteiger partial charge >= 0.3 is 0 Å². The van der Waals surface area contributed by atoms with E-state index in [4.69, 9.17) is 14.6 Å². The standard InChI is InChI=1S/C31H44N2O4/c1-29(35)13-14-31(19-36-3)21(16-29)6-8-23-24-9-10-26(30(24,2)12-11-25(23)31)28(34)18-33-17-20-5-7-22(37-4)15-27(20)32-33/h5,7,15,17,21,23-26,35H,6,8-14,16,18-19H2,1-4H3/t21-,23-,24-,25?,26+,29+,30-,31+/m0/s1. The maximum Gasteiger partial charge on any atom is 0.157 e. The molecule has 4 aliphatic rings. The molecule has 6 rings (SSSR count). The number of rotatable bonds is 6. The summed E-state index contributed by atoms with van der Waals surface area (Å²) in [6.45, 7) is 5.62. The fourth-order valence-electron chi connectivity index (χ4n) is 9.84. The molecule has 1 aromatic heterocycles. The second kappa shape index (κ2) is 9.08. The number of Topliss-reactive ketones (excluding diaryl/α,β-unsaturated/α-hetero) is 1. The average molecular weight is 509 g/mol. The molecule has 8 atom stereocenters. The highest BCUT2D eigenvalue weighted by molar-refractivity contribution is 5.84. The summed E-state index contributed by atoms with van der Waals surface area (Å²) in [5.74, 6) is 3.73. The minimum Gasteiger partial charge on any atom is -0.497 e. The predicted molar refractivity (Wildman–Crippen MR) is 143 cm³/mol. The summed E-state index contributed by atoms with van der Waals surface area (Å²) in [4.78, 5) is 13.8. The number of nitrogens with zero attached hydrogens (tertiary/aromatic N) is 2. The Bertz CT molecular complexity index is 1170. The molecule has 1 heterocycles. The number of aliphatic hydroxyl groups is 1. The summed E-state index contributed by atoms with van der Waals surface area (Å²) < 4.78 is 13.1. The first-order valence-corrected chi connectivity index (χ1v) is 14.4. The first-order valence-electron chi connectivity index (χ1n) is 14.4. The zero-order valence-electron chi connectivity index (χ0n) is 23.0. The van der Waals surface area contributed by atoms with Gasteiger partial charge in [0, 0.05) is 30.7 Å². The SMILES string of the molecule is COC[C@]12CC[C@@](C)(O)C[C@@H]1CC[C@@H]1C2CC[C@]2(C)[C@@H](C(=O)Cn3cc4ccc(OC)cc4n3)CC[C@@H]12.